The lowest BCUT2D eigenvalue weighted by Crippen LogP contribution is -2.44. The fraction of sp³-hybridized carbons (Fsp3) is 0.595. The summed E-state index contributed by atoms with van der Waals surface area (Å²) in [7, 11) is 0. The highest BCUT2D eigenvalue weighted by Gasteiger charge is 2.43. The lowest BCUT2D eigenvalue weighted by Gasteiger charge is -2.33. The van der Waals surface area contributed by atoms with E-state index in [2.05, 4.69) is 22.3 Å². The van der Waals surface area contributed by atoms with Crippen LogP contribution in [0.15, 0.2) is 40.4 Å². The van der Waals surface area contributed by atoms with E-state index >= 15 is 0 Å². The largest absolute Gasteiger partial charge is 0.475 e. The molecule has 0 aliphatic carbocycles. The van der Waals surface area contributed by atoms with Crippen molar-refractivity contribution in [3.63, 3.8) is 0 Å². The summed E-state index contributed by atoms with van der Waals surface area (Å²) < 4.78 is 17.1. The minimum Gasteiger partial charge on any atom is -0.475 e. The number of hydrogen-bond acceptors (Lipinski definition) is 10. The Labute approximate surface area is 293 Å². The molecule has 0 radical (unpaired) electrons. The molecule has 2 aromatic heterocycles. The number of benzene rings is 1. The second-order valence-electron chi connectivity index (χ2n) is 14.9. The number of thiazole rings is 1. The number of carbonyl (C=O) groups excluding carboxylic acids is 3. The van der Waals surface area contributed by atoms with E-state index in [0.717, 1.165) is 34.5 Å². The molecule has 2 aliphatic heterocycles. The minimum absolute atomic E-state index is 0.0572. The summed E-state index contributed by atoms with van der Waals surface area (Å²) >= 11 is 1.60. The molecule has 266 valence electrons. The predicted molar refractivity (Wildman–Crippen MR) is 187 cm³/mol. The van der Waals surface area contributed by atoms with Gasteiger partial charge in [-0.15, -0.1) is 11.3 Å². The third kappa shape index (κ3) is 9.08. The van der Waals surface area contributed by atoms with Gasteiger partial charge in [-0.25, -0.2) is 9.78 Å². The Kier molecular flexibility index (Phi) is 11.5. The molecule has 2 fully saturated rings. The Hall–Kier alpha value is -3.77. The lowest BCUT2D eigenvalue weighted by atomic mass is 9.89. The van der Waals surface area contributed by atoms with Crippen LogP contribution in [0.3, 0.4) is 0 Å². The third-order valence-corrected chi connectivity index (χ3v) is 10.4. The van der Waals surface area contributed by atoms with Gasteiger partial charge in [-0.1, -0.05) is 45.0 Å². The number of Topliss-reactive ketones (excluding diaryl/α,β-unsaturated/α-hetero) is 1. The molecule has 49 heavy (non-hydrogen) atoms. The second-order valence-corrected chi connectivity index (χ2v) is 15.7. The normalized spacial score (nSPS) is 20.0. The number of carbonyl (C=O) groups is 3. The van der Waals surface area contributed by atoms with Crippen molar-refractivity contribution in [1.82, 2.24) is 19.9 Å². The molecule has 12 heteroatoms. The second kappa shape index (κ2) is 15.4. The van der Waals surface area contributed by atoms with Gasteiger partial charge in [0.15, 0.2) is 11.5 Å². The number of amides is 2. The van der Waals surface area contributed by atoms with Crippen molar-refractivity contribution in [2.24, 2.45) is 11.8 Å². The van der Waals surface area contributed by atoms with Gasteiger partial charge in [0.2, 0.25) is 5.91 Å². The summed E-state index contributed by atoms with van der Waals surface area (Å²) in [5, 5.41) is 14.7. The first-order valence-corrected chi connectivity index (χ1v) is 18.2. The van der Waals surface area contributed by atoms with Crippen LogP contribution in [-0.4, -0.2) is 86.8 Å². The molecule has 4 atom stereocenters. The molecule has 2 saturated heterocycles. The average molecular weight is 695 g/mol. The van der Waals surface area contributed by atoms with Gasteiger partial charge in [-0.3, -0.25) is 9.59 Å². The standard InChI is InChI=1S/C37H50N4O7S/c1-22(2)33(31-18-32(39-48-31)46-20-25-12-14-40(15-13-25)36(45)47-37(5,6)7)35(44)41-19-28(42)17-29(41)30(43)16-23(3)26-8-10-27(11-9-26)34-24(4)38-21-49-34/h8-11,18,21-23,25,28-29,33,42H,12-17,19-20H2,1-7H3/t23-,28-,29+,33?/m1/s1. The maximum atomic E-state index is 14.1. The highest BCUT2D eigenvalue weighted by molar-refractivity contribution is 7.13. The van der Waals surface area contributed by atoms with Gasteiger partial charge in [-0.2, -0.15) is 0 Å². The first-order chi connectivity index (χ1) is 23.2. The number of aliphatic hydroxyl groups is 1. The van der Waals surface area contributed by atoms with E-state index < -0.39 is 23.7 Å². The van der Waals surface area contributed by atoms with Crippen LogP contribution < -0.4 is 4.74 Å². The number of nitrogens with zero attached hydrogens (tertiary/aromatic N) is 4. The Morgan fingerprint density at radius 2 is 1.80 bits per heavy atom. The molecule has 4 heterocycles. The van der Waals surface area contributed by atoms with Crippen molar-refractivity contribution in [2.45, 2.75) is 104 Å². The fourth-order valence-corrected chi connectivity index (χ4v) is 7.48. The van der Waals surface area contributed by atoms with Gasteiger partial charge >= 0.3 is 6.09 Å². The van der Waals surface area contributed by atoms with Gasteiger partial charge in [-0.05, 0) is 74.6 Å². The van der Waals surface area contributed by atoms with Crippen LogP contribution in [0.4, 0.5) is 4.79 Å². The number of aliphatic hydroxyl groups excluding tert-OH is 1. The maximum absolute atomic E-state index is 14.1. The molecule has 0 saturated carbocycles. The molecule has 2 amide bonds. The van der Waals surface area contributed by atoms with Crippen LogP contribution in [0.1, 0.15) is 96.1 Å². The van der Waals surface area contributed by atoms with Crippen molar-refractivity contribution in [3.8, 4) is 16.3 Å². The zero-order valence-corrected chi connectivity index (χ0v) is 30.5. The number of ether oxygens (including phenoxy) is 2. The van der Waals surface area contributed by atoms with E-state index in [1.54, 1.807) is 22.3 Å². The number of likely N-dealkylation sites (tertiary alicyclic amines) is 2. The average Bonchev–Trinajstić information content (AvgIpc) is 3.79. The maximum Gasteiger partial charge on any atom is 0.410 e. The number of aromatic nitrogens is 2. The number of hydrogen-bond donors (Lipinski definition) is 1. The van der Waals surface area contributed by atoms with Gasteiger partial charge < -0.3 is 28.9 Å². The smallest absolute Gasteiger partial charge is 0.410 e. The molecular formula is C37H50N4O7S. The Morgan fingerprint density at radius 1 is 1.10 bits per heavy atom. The van der Waals surface area contributed by atoms with E-state index in [1.807, 2.05) is 66.1 Å². The Balaban J connectivity index is 1.17. The van der Waals surface area contributed by atoms with Crippen molar-refractivity contribution in [2.75, 3.05) is 26.2 Å². The Morgan fingerprint density at radius 3 is 2.41 bits per heavy atom. The predicted octanol–water partition coefficient (Wildman–Crippen LogP) is 6.60. The van der Waals surface area contributed by atoms with E-state index in [1.165, 1.54) is 4.90 Å². The van der Waals surface area contributed by atoms with Crippen LogP contribution in [0.2, 0.25) is 0 Å². The molecule has 0 spiro atoms. The molecule has 2 aliphatic rings. The first kappa shape index (κ1) is 36.5. The first-order valence-electron chi connectivity index (χ1n) is 17.3. The summed E-state index contributed by atoms with van der Waals surface area (Å²) in [5.41, 5.74) is 4.44. The summed E-state index contributed by atoms with van der Waals surface area (Å²) in [6.07, 6.45) is 0.945. The topological polar surface area (TPSA) is 135 Å². The van der Waals surface area contributed by atoms with Gasteiger partial charge in [0, 0.05) is 38.5 Å². The molecule has 1 unspecified atom stereocenters. The molecular weight excluding hydrogens is 644 g/mol. The van der Waals surface area contributed by atoms with Crippen LogP contribution in [0.25, 0.3) is 10.4 Å². The van der Waals surface area contributed by atoms with E-state index in [-0.39, 0.29) is 54.9 Å². The number of piperidine rings is 1. The summed E-state index contributed by atoms with van der Waals surface area (Å²) in [4.78, 5) is 48.9. The van der Waals surface area contributed by atoms with Crippen molar-refractivity contribution in [3.05, 3.63) is 52.9 Å². The monoisotopic (exact) mass is 694 g/mol. The van der Waals surface area contributed by atoms with Crippen LogP contribution in [0.5, 0.6) is 5.88 Å². The van der Waals surface area contributed by atoms with E-state index in [9.17, 15) is 19.5 Å². The van der Waals surface area contributed by atoms with Gasteiger partial charge in [0.25, 0.3) is 5.88 Å². The number of β-amino-alcohol motifs (C(OH)–C–C–N with tert-alkyl or cyclic N) is 1. The SMILES string of the molecule is Cc1ncsc1-c1ccc([C@H](C)CC(=O)[C@@H]2C[C@@H](O)CN2C(=O)C(c2cc(OCC3CCN(C(=O)OC(C)(C)C)CC3)no2)C(C)C)cc1. The molecule has 1 N–H and O–H groups in total. The van der Waals surface area contributed by atoms with E-state index in [4.69, 9.17) is 14.0 Å². The van der Waals surface area contributed by atoms with Crippen LogP contribution >= 0.6 is 11.3 Å². The highest BCUT2D eigenvalue weighted by Crippen LogP contribution is 2.35. The molecule has 1 aromatic carbocycles. The lowest BCUT2D eigenvalue weighted by molar-refractivity contribution is -0.140. The minimum atomic E-state index is -0.779. The number of ketones is 1. The molecule has 3 aromatic rings. The quantitative estimate of drug-likeness (QED) is 0.236. The third-order valence-electron chi connectivity index (χ3n) is 9.41. The molecule has 0 bridgehead atoms. The van der Waals surface area contributed by atoms with Crippen molar-refractivity contribution >= 4 is 29.1 Å². The number of rotatable bonds is 11. The van der Waals surface area contributed by atoms with Gasteiger partial charge in [0.1, 0.15) is 11.5 Å². The summed E-state index contributed by atoms with van der Waals surface area (Å²) in [6.45, 7) is 15.1. The zero-order valence-electron chi connectivity index (χ0n) is 29.7. The van der Waals surface area contributed by atoms with Crippen LogP contribution in [-0.2, 0) is 14.3 Å². The summed E-state index contributed by atoms with van der Waals surface area (Å²) in [5.74, 6) is -0.336. The molecule has 5 rings (SSSR count). The Bertz CT molecular complexity index is 1590. The van der Waals surface area contributed by atoms with Crippen molar-refractivity contribution < 1.29 is 33.5 Å². The number of aryl methyl sites for hydroxylation is 1. The van der Waals surface area contributed by atoms with E-state index in [0.29, 0.717) is 31.3 Å². The van der Waals surface area contributed by atoms with Gasteiger partial charge in [0.05, 0.1) is 34.8 Å². The highest BCUT2D eigenvalue weighted by atomic mass is 32.1. The van der Waals surface area contributed by atoms with Crippen molar-refractivity contribution in [1.29, 1.82) is 0 Å². The summed E-state index contributed by atoms with van der Waals surface area (Å²) in [6, 6.07) is 9.15. The zero-order chi connectivity index (χ0) is 35.5. The molecule has 11 nitrogen and oxygen atoms in total. The van der Waals surface area contributed by atoms with Crippen LogP contribution in [0, 0.1) is 18.8 Å². The fourth-order valence-electron chi connectivity index (χ4n) is 6.67.